The fourth-order valence-electron chi connectivity index (χ4n) is 1.28. The van der Waals surface area contributed by atoms with E-state index >= 15 is 0 Å². The number of hydrogen-bond donors (Lipinski definition) is 2. The monoisotopic (exact) mass is 298 g/mol. The summed E-state index contributed by atoms with van der Waals surface area (Å²) in [7, 11) is -3.52. The first-order valence-electron chi connectivity index (χ1n) is 4.77. The third-order valence-electron chi connectivity index (χ3n) is 2.05. The Balaban J connectivity index is 2.83. The maximum atomic E-state index is 11.6. The highest BCUT2D eigenvalue weighted by Crippen LogP contribution is 2.23. The Morgan fingerprint density at radius 3 is 2.47 bits per heavy atom. The van der Waals surface area contributed by atoms with E-state index in [1.54, 1.807) is 6.07 Å². The zero-order chi connectivity index (χ0) is 13.1. The minimum atomic E-state index is -3.52. The molecule has 96 valence electrons. The molecule has 7 heteroatoms. The molecule has 0 amide bonds. The lowest BCUT2D eigenvalue weighted by atomic mass is 10.2. The first-order chi connectivity index (χ1) is 7.84. The van der Waals surface area contributed by atoms with Gasteiger partial charge in [0.1, 0.15) is 0 Å². The average Bonchev–Trinajstić information content (AvgIpc) is 2.21. The fraction of sp³-hybridized carbons (Fsp3) is 0.400. The largest absolute Gasteiger partial charge is 0.394 e. The number of sulfone groups is 1. The predicted octanol–water partition coefficient (Wildman–Crippen LogP) is 1.26. The molecule has 17 heavy (non-hydrogen) atoms. The number of benzene rings is 1. The summed E-state index contributed by atoms with van der Waals surface area (Å²) < 4.78 is 23.3. The molecule has 2 N–H and O–H groups in total. The smallest absolute Gasteiger partial charge is 0.157 e. The van der Waals surface area contributed by atoms with E-state index in [0.717, 1.165) is 0 Å². The van der Waals surface area contributed by atoms with Crippen LogP contribution in [-0.2, 0) is 15.6 Å². The molecule has 0 aliphatic heterocycles. The normalized spacial score (nSPS) is 13.6. The summed E-state index contributed by atoms with van der Waals surface area (Å²) in [5, 5.41) is 18.4. The van der Waals surface area contributed by atoms with E-state index in [9.17, 15) is 8.42 Å². The molecule has 0 fully saturated rings. The van der Waals surface area contributed by atoms with E-state index in [1.165, 1.54) is 12.1 Å². The molecule has 0 radical (unpaired) electrons. The van der Waals surface area contributed by atoms with Gasteiger partial charge in [0.05, 0.1) is 24.2 Å². The summed E-state index contributed by atoms with van der Waals surface area (Å²) in [6, 6.07) is 4.52. The minimum Gasteiger partial charge on any atom is -0.394 e. The van der Waals surface area contributed by atoms with Gasteiger partial charge < -0.3 is 10.2 Å². The van der Waals surface area contributed by atoms with Crippen molar-refractivity contribution in [2.45, 2.75) is 11.9 Å². The van der Waals surface area contributed by atoms with E-state index in [2.05, 4.69) is 0 Å². The Hall–Kier alpha value is -0.330. The molecule has 0 aromatic heterocycles. The van der Waals surface area contributed by atoms with Crippen molar-refractivity contribution in [3.05, 3.63) is 33.8 Å². The van der Waals surface area contributed by atoms with Gasteiger partial charge in [0, 0.05) is 10.0 Å². The van der Waals surface area contributed by atoms with Crippen LogP contribution in [0.2, 0.25) is 10.0 Å². The van der Waals surface area contributed by atoms with Crippen molar-refractivity contribution in [1.82, 2.24) is 0 Å². The molecule has 1 aromatic rings. The number of halogens is 2. The van der Waals surface area contributed by atoms with Crippen molar-refractivity contribution in [2.24, 2.45) is 0 Å². The molecule has 0 heterocycles. The molecule has 4 nitrogen and oxygen atoms in total. The van der Waals surface area contributed by atoms with E-state index in [0.29, 0.717) is 10.6 Å². The lowest BCUT2D eigenvalue weighted by Crippen LogP contribution is -2.25. The van der Waals surface area contributed by atoms with Gasteiger partial charge in [-0.2, -0.15) is 0 Å². The lowest BCUT2D eigenvalue weighted by molar-refractivity contribution is 0.112. The molecule has 0 aliphatic carbocycles. The van der Waals surface area contributed by atoms with Crippen LogP contribution in [0, 0.1) is 0 Å². The van der Waals surface area contributed by atoms with Crippen LogP contribution in [0.1, 0.15) is 5.56 Å². The van der Waals surface area contributed by atoms with Gasteiger partial charge in [-0.05, 0) is 17.7 Å². The molecular formula is C10H12Cl2O4S. The highest BCUT2D eigenvalue weighted by Gasteiger charge is 2.18. The highest BCUT2D eigenvalue weighted by atomic mass is 35.5. The summed E-state index contributed by atoms with van der Waals surface area (Å²) in [4.78, 5) is 0. The molecule has 0 bridgehead atoms. The molecule has 0 spiro atoms. The Morgan fingerprint density at radius 1 is 1.29 bits per heavy atom. The van der Waals surface area contributed by atoms with E-state index in [1.807, 2.05) is 0 Å². The third kappa shape index (κ3) is 4.81. The molecule has 0 aliphatic rings. The minimum absolute atomic E-state index is 0.263. The summed E-state index contributed by atoms with van der Waals surface area (Å²) in [5.74, 6) is -0.789. The SMILES string of the molecule is O=S(=O)(Cc1ccc(Cl)cc1Cl)C[C@H](O)CO. The first-order valence-corrected chi connectivity index (χ1v) is 7.35. The van der Waals surface area contributed by atoms with Gasteiger partial charge in [0.2, 0.25) is 0 Å². The van der Waals surface area contributed by atoms with Crippen LogP contribution in [0.4, 0.5) is 0 Å². The van der Waals surface area contributed by atoms with Crippen LogP contribution >= 0.6 is 23.2 Å². The second kappa shape index (κ2) is 6.02. The van der Waals surface area contributed by atoms with Crippen LogP contribution in [0.15, 0.2) is 18.2 Å². The van der Waals surface area contributed by atoms with E-state index in [4.69, 9.17) is 33.4 Å². The summed E-state index contributed by atoms with van der Waals surface area (Å²) in [6.45, 7) is -0.590. The number of aliphatic hydroxyl groups excluding tert-OH is 2. The lowest BCUT2D eigenvalue weighted by Gasteiger charge is -2.09. The van der Waals surface area contributed by atoms with Gasteiger partial charge in [-0.3, -0.25) is 0 Å². The van der Waals surface area contributed by atoms with Crippen molar-refractivity contribution in [1.29, 1.82) is 0 Å². The predicted molar refractivity (Wildman–Crippen MR) is 67.0 cm³/mol. The van der Waals surface area contributed by atoms with Gasteiger partial charge in [-0.15, -0.1) is 0 Å². The number of aliphatic hydroxyl groups is 2. The maximum Gasteiger partial charge on any atom is 0.157 e. The van der Waals surface area contributed by atoms with Crippen molar-refractivity contribution in [3.8, 4) is 0 Å². The van der Waals surface area contributed by atoms with Gasteiger partial charge in [0.25, 0.3) is 0 Å². The number of hydrogen-bond acceptors (Lipinski definition) is 4. The second-order valence-corrected chi connectivity index (χ2v) is 6.58. The molecule has 1 aromatic carbocycles. The molecule has 1 rings (SSSR count). The van der Waals surface area contributed by atoms with Crippen molar-refractivity contribution in [2.75, 3.05) is 12.4 Å². The van der Waals surface area contributed by atoms with Gasteiger partial charge in [-0.1, -0.05) is 29.3 Å². The Kier molecular flexibility index (Phi) is 5.22. The molecule has 0 saturated carbocycles. The quantitative estimate of drug-likeness (QED) is 0.858. The topological polar surface area (TPSA) is 74.6 Å². The van der Waals surface area contributed by atoms with Gasteiger partial charge in [0.15, 0.2) is 9.84 Å². The molecular weight excluding hydrogens is 287 g/mol. The maximum absolute atomic E-state index is 11.6. The van der Waals surface area contributed by atoms with Gasteiger partial charge in [-0.25, -0.2) is 8.42 Å². The van der Waals surface area contributed by atoms with Crippen molar-refractivity contribution < 1.29 is 18.6 Å². The van der Waals surface area contributed by atoms with E-state index < -0.39 is 28.3 Å². The zero-order valence-electron chi connectivity index (χ0n) is 8.81. The zero-order valence-corrected chi connectivity index (χ0v) is 11.1. The summed E-state index contributed by atoms with van der Waals surface area (Å²) in [6.07, 6.45) is -1.27. The van der Waals surface area contributed by atoms with E-state index in [-0.39, 0.29) is 10.8 Å². The first kappa shape index (κ1) is 14.7. The third-order valence-corrected chi connectivity index (χ3v) is 4.28. The molecule has 1 atom stereocenters. The molecule has 0 saturated heterocycles. The second-order valence-electron chi connectivity index (χ2n) is 3.63. The van der Waals surface area contributed by atoms with Crippen LogP contribution < -0.4 is 0 Å². The molecule has 0 unspecified atom stereocenters. The van der Waals surface area contributed by atoms with Crippen LogP contribution in [-0.4, -0.2) is 37.1 Å². The van der Waals surface area contributed by atoms with Crippen molar-refractivity contribution in [3.63, 3.8) is 0 Å². The highest BCUT2D eigenvalue weighted by molar-refractivity contribution is 7.90. The summed E-state index contributed by atoms with van der Waals surface area (Å²) in [5.41, 5.74) is 0.418. The summed E-state index contributed by atoms with van der Waals surface area (Å²) >= 11 is 11.5. The van der Waals surface area contributed by atoms with Crippen LogP contribution in [0.3, 0.4) is 0 Å². The number of rotatable bonds is 5. The van der Waals surface area contributed by atoms with Crippen LogP contribution in [0.25, 0.3) is 0 Å². The van der Waals surface area contributed by atoms with Crippen LogP contribution in [0.5, 0.6) is 0 Å². The fourth-order valence-corrected chi connectivity index (χ4v) is 3.37. The van der Waals surface area contributed by atoms with Gasteiger partial charge >= 0.3 is 0 Å². The standard InChI is InChI=1S/C10H12Cl2O4S/c11-8-2-1-7(10(12)3-8)5-17(15,16)6-9(14)4-13/h1-3,9,13-14H,4-6H2/t9-/m1/s1. The average molecular weight is 299 g/mol. The Morgan fingerprint density at radius 2 is 1.94 bits per heavy atom. The van der Waals surface area contributed by atoms with Crippen molar-refractivity contribution >= 4 is 33.0 Å². The Labute approximate surface area is 110 Å². The Bertz CT molecular complexity index is 487.